The zero-order valence-electron chi connectivity index (χ0n) is 49.6. The second-order valence-corrected chi connectivity index (χ2v) is 23.2. The zero-order chi connectivity index (χ0) is 59.0. The number of nitriles is 2. The van der Waals surface area contributed by atoms with Crippen molar-refractivity contribution in [2.75, 3.05) is 75.2 Å². The molecule has 440 valence electrons. The van der Waals surface area contributed by atoms with Gasteiger partial charge in [0.05, 0.1) is 36.3 Å². The summed E-state index contributed by atoms with van der Waals surface area (Å²) in [5.74, 6) is 4.73. The highest BCUT2D eigenvalue weighted by Gasteiger charge is 2.59. The summed E-state index contributed by atoms with van der Waals surface area (Å²) >= 11 is 0. The van der Waals surface area contributed by atoms with E-state index >= 15 is 0 Å². The van der Waals surface area contributed by atoms with Crippen molar-refractivity contribution in [3.8, 4) is 58.1 Å². The van der Waals surface area contributed by atoms with Gasteiger partial charge in [-0.3, -0.25) is 29.2 Å². The number of benzene rings is 4. The van der Waals surface area contributed by atoms with E-state index in [-0.39, 0.29) is 93.6 Å². The first kappa shape index (κ1) is 57.5. The number of hydrogen-bond acceptors (Lipinski definition) is 18. The number of phenolic OH excluding ortho intramolecular Hbond substituents is 1. The second-order valence-electron chi connectivity index (χ2n) is 23.2. The van der Waals surface area contributed by atoms with Crippen LogP contribution in [-0.2, 0) is 44.7 Å². The third-order valence-corrected chi connectivity index (χ3v) is 18.9. The van der Waals surface area contributed by atoms with Crippen LogP contribution >= 0.6 is 0 Å². The summed E-state index contributed by atoms with van der Waals surface area (Å²) in [4.78, 5) is 33.7. The molecule has 0 aliphatic carbocycles. The molecule has 2 fully saturated rings. The summed E-state index contributed by atoms with van der Waals surface area (Å²) in [6.45, 7) is 20.4. The molecule has 8 aliphatic rings. The predicted octanol–water partition coefficient (Wildman–Crippen LogP) is 6.73. The molecule has 2 saturated heterocycles. The molecule has 20 nitrogen and oxygen atoms in total. The van der Waals surface area contributed by atoms with Crippen molar-refractivity contribution in [1.82, 2.24) is 30.2 Å². The molecule has 8 heterocycles. The van der Waals surface area contributed by atoms with Crippen molar-refractivity contribution < 1.29 is 57.3 Å². The molecular weight excluding hydrogens is 1060 g/mol. The van der Waals surface area contributed by atoms with Crippen LogP contribution in [0.2, 0.25) is 0 Å². The number of fused-ring (bicyclic) bond motifs is 18. The third kappa shape index (κ3) is 9.24. The van der Waals surface area contributed by atoms with Crippen LogP contribution in [0.3, 0.4) is 0 Å². The molecule has 3 N–H and O–H groups in total. The largest absolute Gasteiger partial charge is 0.507 e. The number of nitrogens with zero attached hydrogens (tertiary/aromatic N) is 6. The average Bonchev–Trinajstić information content (AvgIpc) is 1.58. The summed E-state index contributed by atoms with van der Waals surface area (Å²) in [5.41, 5.74) is 14.1. The van der Waals surface area contributed by atoms with E-state index in [2.05, 4.69) is 103 Å². The van der Waals surface area contributed by atoms with Gasteiger partial charge in [0, 0.05) is 110 Å². The molecule has 0 spiro atoms. The normalized spacial score (nSPS) is 25.8. The van der Waals surface area contributed by atoms with Crippen LogP contribution in [0, 0.1) is 64.2 Å². The molecule has 83 heavy (non-hydrogen) atoms. The van der Waals surface area contributed by atoms with Gasteiger partial charge in [0.2, 0.25) is 25.4 Å². The topological polar surface area (TPSA) is 222 Å². The number of piperazine rings is 2. The number of rotatable bonds is 13. The van der Waals surface area contributed by atoms with Crippen LogP contribution in [0.5, 0.6) is 46.0 Å². The number of aromatic hydroxyl groups is 1. The Morgan fingerprint density at radius 2 is 1.06 bits per heavy atom. The lowest BCUT2D eigenvalue weighted by Gasteiger charge is -2.60. The van der Waals surface area contributed by atoms with Crippen molar-refractivity contribution >= 4 is 11.8 Å². The van der Waals surface area contributed by atoms with Gasteiger partial charge in [0.25, 0.3) is 0 Å². The van der Waals surface area contributed by atoms with Gasteiger partial charge >= 0.3 is 0 Å². The van der Waals surface area contributed by atoms with Crippen molar-refractivity contribution in [2.45, 2.75) is 141 Å². The van der Waals surface area contributed by atoms with Gasteiger partial charge in [-0.25, -0.2) is 0 Å². The van der Waals surface area contributed by atoms with Crippen molar-refractivity contribution in [2.24, 2.45) is 0 Å². The predicted molar refractivity (Wildman–Crippen MR) is 305 cm³/mol. The molecule has 4 aromatic rings. The fraction of sp³-hybridized carbons (Fsp3) is 0.524. The number of aryl methyl sites for hydroxylation is 2. The molecule has 2 unspecified atom stereocenters. The molecule has 20 heteroatoms. The van der Waals surface area contributed by atoms with Crippen LogP contribution in [0.15, 0.2) is 24.8 Å². The zero-order valence-corrected chi connectivity index (χ0v) is 49.6. The van der Waals surface area contributed by atoms with E-state index in [0.29, 0.717) is 67.4 Å². The van der Waals surface area contributed by atoms with E-state index in [1.54, 1.807) is 20.3 Å². The maximum atomic E-state index is 12.3. The number of nitrogens with one attached hydrogen (secondary N) is 2. The van der Waals surface area contributed by atoms with E-state index in [1.807, 2.05) is 13.8 Å². The summed E-state index contributed by atoms with van der Waals surface area (Å²) in [7, 11) is 7.44. The highest BCUT2D eigenvalue weighted by Crippen LogP contribution is 2.60. The Labute approximate surface area is 485 Å². The van der Waals surface area contributed by atoms with Crippen LogP contribution < -0.4 is 43.8 Å². The first-order valence-corrected chi connectivity index (χ1v) is 28.5. The lowest BCUT2D eigenvalue weighted by atomic mass is 9.71. The number of amides is 2. The Bertz CT molecular complexity index is 3390. The van der Waals surface area contributed by atoms with Crippen molar-refractivity contribution in [3.63, 3.8) is 0 Å². The Balaban J connectivity index is 0.000000174. The highest BCUT2D eigenvalue weighted by atomic mass is 16.7. The van der Waals surface area contributed by atoms with Gasteiger partial charge < -0.3 is 58.4 Å². The highest BCUT2D eigenvalue weighted by molar-refractivity contribution is 5.74. The van der Waals surface area contributed by atoms with Gasteiger partial charge in [0.15, 0.2) is 36.6 Å². The molecule has 8 aliphatic heterocycles. The molecular formula is C63H76N8O12. The minimum Gasteiger partial charge on any atom is -0.507 e. The molecule has 10 atom stereocenters. The standard InChI is InChI=1S/C33H40N4O6.C30H36N4O6/c1-8-9-40-30-19(4)32-33(43-16-42-32)28-22(30)12-24-29-27-21(10-17(2)18(3)31(27)41-15-39-7)11-23(36(29)6)25(13-34)37(24)26(28)14-35-20(5)38;1-14-7-18-8-20-22(10-31)34-21(26(33(20)5)24(18)28(15(14)2)38-12-37-6)9-19-25(23(34)11-32-17(4)35)30-29(39-13-40-30)16(3)27(19)36/h8,10,23-26,29H,1,9,11-12,14-16H2,2-7H3,(H,35,38);7,20-23,26,36H,8-9,11-13H2,1-6H3,(H,32,35)/t23-,24?,25-,26-,29-;20-,21?,22-,23-,26-/m00/s1. The van der Waals surface area contributed by atoms with E-state index in [4.69, 9.17) is 42.6 Å². The SMILES string of the molecule is C=CCOc1c(C)c2c(c3c1CC1[C@H]4c5c(cc(C)c(C)c5OCOC)C[C@@H]([C@H](C#N)N1[C@H]3CNC(C)=O)N4C)OCO2.COCOc1c(C)c(C)cc2c1[C@@H]1C3Cc4c(O)c(C)c5c(c4[C@H](CNC(C)=O)N3[C@@H](C#N)[C@H](C2)N1C)OCO5. The summed E-state index contributed by atoms with van der Waals surface area (Å²) in [5, 5.41) is 39.0. The van der Waals surface area contributed by atoms with E-state index < -0.39 is 18.1 Å². The van der Waals surface area contributed by atoms with Gasteiger partial charge in [-0.15, -0.1) is 0 Å². The number of phenols is 1. The van der Waals surface area contributed by atoms with E-state index in [9.17, 15) is 25.2 Å². The van der Waals surface area contributed by atoms with Gasteiger partial charge in [-0.1, -0.05) is 24.8 Å². The van der Waals surface area contributed by atoms with Crippen LogP contribution in [0.1, 0.15) is 116 Å². The van der Waals surface area contributed by atoms with Gasteiger partial charge in [0.1, 0.15) is 41.7 Å². The maximum Gasteiger partial charge on any atom is 0.231 e. The minimum absolute atomic E-state index is 0.0597. The van der Waals surface area contributed by atoms with Gasteiger partial charge in [-0.2, -0.15) is 10.5 Å². The lowest BCUT2D eigenvalue weighted by Crippen LogP contribution is -2.68. The van der Waals surface area contributed by atoms with Crippen LogP contribution in [0.4, 0.5) is 0 Å². The lowest BCUT2D eigenvalue weighted by molar-refractivity contribution is -0.120. The van der Waals surface area contributed by atoms with Crippen LogP contribution in [0.25, 0.3) is 0 Å². The Morgan fingerprint density at radius 3 is 1.49 bits per heavy atom. The number of ether oxygens (including phenoxy) is 9. The Hall–Kier alpha value is -7.30. The number of hydrogen-bond donors (Lipinski definition) is 3. The summed E-state index contributed by atoms with van der Waals surface area (Å²) in [6.07, 6.45) is 4.21. The van der Waals surface area contributed by atoms with E-state index in [0.717, 1.165) is 78.4 Å². The monoisotopic (exact) mass is 1140 g/mol. The van der Waals surface area contributed by atoms with Crippen molar-refractivity contribution in [3.05, 3.63) is 103 Å². The number of methoxy groups -OCH3 is 2. The maximum absolute atomic E-state index is 12.3. The Morgan fingerprint density at radius 1 is 0.627 bits per heavy atom. The summed E-state index contributed by atoms with van der Waals surface area (Å²) in [6, 6.07) is 7.46. The second kappa shape index (κ2) is 22.7. The summed E-state index contributed by atoms with van der Waals surface area (Å²) < 4.78 is 53.4. The average molecular weight is 1140 g/mol. The number of likely N-dealkylation sites (N-methyl/N-ethyl adjacent to an activating group) is 2. The third-order valence-electron chi connectivity index (χ3n) is 18.9. The molecule has 4 bridgehead atoms. The first-order valence-electron chi connectivity index (χ1n) is 28.5. The molecule has 2 amide bonds. The molecule has 0 radical (unpaired) electrons. The van der Waals surface area contributed by atoms with E-state index in [1.165, 1.54) is 25.0 Å². The number of carbonyl (C=O) groups is 2. The molecule has 12 rings (SSSR count). The minimum atomic E-state index is -0.460. The first-order chi connectivity index (χ1) is 39.9. The van der Waals surface area contributed by atoms with Gasteiger partial charge in [-0.05, 0) is 115 Å². The fourth-order valence-electron chi connectivity index (χ4n) is 15.2. The quantitative estimate of drug-likeness (QED) is 0.0933. The molecule has 4 aromatic carbocycles. The fourth-order valence-corrected chi connectivity index (χ4v) is 15.2. The Kier molecular flexibility index (Phi) is 15.7. The van der Waals surface area contributed by atoms with Crippen molar-refractivity contribution in [1.29, 1.82) is 10.5 Å². The molecule has 0 saturated carbocycles. The molecule has 0 aromatic heterocycles. The smallest absolute Gasteiger partial charge is 0.231 e. The van der Waals surface area contributed by atoms with Crippen LogP contribution in [-0.4, -0.2) is 148 Å². The number of carbonyl (C=O) groups excluding carboxylic acids is 2.